The van der Waals surface area contributed by atoms with Gasteiger partial charge in [0.05, 0.1) is 0 Å². The fourth-order valence-corrected chi connectivity index (χ4v) is 2.16. The molecule has 0 aliphatic heterocycles. The van der Waals surface area contributed by atoms with E-state index in [0.29, 0.717) is 12.3 Å². The van der Waals surface area contributed by atoms with E-state index in [4.69, 9.17) is 0 Å². The van der Waals surface area contributed by atoms with Crippen molar-refractivity contribution in [2.75, 3.05) is 13.1 Å². The van der Waals surface area contributed by atoms with Crippen LogP contribution in [0.3, 0.4) is 0 Å². The summed E-state index contributed by atoms with van der Waals surface area (Å²) in [5.41, 5.74) is 1.40. The summed E-state index contributed by atoms with van der Waals surface area (Å²) in [4.78, 5) is 13.7. The van der Waals surface area contributed by atoms with Crippen LogP contribution in [-0.4, -0.2) is 23.9 Å². The van der Waals surface area contributed by atoms with Crippen LogP contribution >= 0.6 is 0 Å². The lowest BCUT2D eigenvalue weighted by Gasteiger charge is -2.18. The van der Waals surface area contributed by atoms with Crippen molar-refractivity contribution in [3.05, 3.63) is 35.9 Å². The molecule has 0 atom stereocenters. The summed E-state index contributed by atoms with van der Waals surface area (Å²) in [7, 11) is 0. The maximum absolute atomic E-state index is 11.8. The van der Waals surface area contributed by atoms with Gasteiger partial charge in [0, 0.05) is 19.5 Å². The fraction of sp³-hybridized carbons (Fsp3) is 0.562. The van der Waals surface area contributed by atoms with Gasteiger partial charge in [0.15, 0.2) is 0 Å². The molecule has 2 nitrogen and oxygen atoms in total. The second kappa shape index (κ2) is 8.73. The number of rotatable bonds is 8. The molecular weight excluding hydrogens is 222 g/mol. The van der Waals surface area contributed by atoms with Gasteiger partial charge in [0.25, 0.3) is 0 Å². The molecule has 0 fully saturated rings. The number of nitrogens with zero attached hydrogens (tertiary/aromatic N) is 1. The minimum absolute atomic E-state index is 0.305. The number of carbonyl (C=O) groups is 1. The van der Waals surface area contributed by atoms with E-state index in [9.17, 15) is 4.79 Å². The van der Waals surface area contributed by atoms with Crippen molar-refractivity contribution in [2.24, 2.45) is 0 Å². The number of aryl methyl sites for hydroxylation is 1. The third kappa shape index (κ3) is 5.35. The van der Waals surface area contributed by atoms with E-state index in [-0.39, 0.29) is 0 Å². The molecule has 1 aromatic carbocycles. The molecule has 18 heavy (non-hydrogen) atoms. The van der Waals surface area contributed by atoms with E-state index in [1.807, 2.05) is 24.8 Å². The lowest BCUT2D eigenvalue weighted by Crippen LogP contribution is -2.30. The van der Waals surface area contributed by atoms with Gasteiger partial charge in [-0.15, -0.1) is 0 Å². The molecule has 0 aliphatic rings. The third-order valence-corrected chi connectivity index (χ3v) is 3.32. The zero-order valence-corrected chi connectivity index (χ0v) is 11.7. The molecule has 0 aromatic heterocycles. The van der Waals surface area contributed by atoms with Crippen molar-refractivity contribution >= 4 is 5.91 Å². The zero-order valence-electron chi connectivity index (χ0n) is 11.7. The predicted octanol–water partition coefficient (Wildman–Crippen LogP) is 3.66. The molecule has 1 aromatic rings. The van der Waals surface area contributed by atoms with Crippen molar-refractivity contribution in [2.45, 2.75) is 46.0 Å². The van der Waals surface area contributed by atoms with Gasteiger partial charge < -0.3 is 4.90 Å². The first kappa shape index (κ1) is 14.7. The highest BCUT2D eigenvalue weighted by Crippen LogP contribution is 2.08. The van der Waals surface area contributed by atoms with E-state index < -0.39 is 0 Å². The third-order valence-electron chi connectivity index (χ3n) is 3.32. The van der Waals surface area contributed by atoms with E-state index >= 15 is 0 Å². The summed E-state index contributed by atoms with van der Waals surface area (Å²) < 4.78 is 0. The van der Waals surface area contributed by atoms with Gasteiger partial charge in [-0.2, -0.15) is 0 Å². The van der Waals surface area contributed by atoms with Crippen molar-refractivity contribution in [1.82, 2.24) is 4.90 Å². The van der Waals surface area contributed by atoms with Crippen LogP contribution in [0.5, 0.6) is 0 Å². The Morgan fingerprint density at radius 2 is 1.67 bits per heavy atom. The fourth-order valence-electron chi connectivity index (χ4n) is 2.16. The topological polar surface area (TPSA) is 20.3 Å². The monoisotopic (exact) mass is 247 g/mol. The smallest absolute Gasteiger partial charge is 0.222 e. The second-order valence-corrected chi connectivity index (χ2v) is 4.61. The average molecular weight is 247 g/mol. The molecule has 0 heterocycles. The lowest BCUT2D eigenvalue weighted by atomic mass is 10.1. The van der Waals surface area contributed by atoms with Gasteiger partial charge in [-0.05, 0) is 38.7 Å². The van der Waals surface area contributed by atoms with E-state index in [1.54, 1.807) is 0 Å². The maximum Gasteiger partial charge on any atom is 0.222 e. The van der Waals surface area contributed by atoms with Crippen molar-refractivity contribution in [3.63, 3.8) is 0 Å². The number of hydrogen-bond donors (Lipinski definition) is 0. The molecule has 0 saturated carbocycles. The number of benzene rings is 1. The molecule has 1 amide bonds. The van der Waals surface area contributed by atoms with E-state index in [2.05, 4.69) is 24.3 Å². The molecule has 0 N–H and O–H groups in total. The number of unbranched alkanes of at least 4 members (excludes halogenated alkanes) is 2. The summed E-state index contributed by atoms with van der Waals surface area (Å²) in [6.07, 6.45) is 5.16. The highest BCUT2D eigenvalue weighted by molar-refractivity contribution is 5.75. The van der Waals surface area contributed by atoms with Crippen LogP contribution in [0.1, 0.15) is 45.1 Å². The minimum Gasteiger partial charge on any atom is -0.343 e. The Morgan fingerprint density at radius 3 is 2.28 bits per heavy atom. The molecule has 0 spiro atoms. The van der Waals surface area contributed by atoms with Crippen LogP contribution in [0.4, 0.5) is 0 Å². The first-order valence-corrected chi connectivity index (χ1v) is 7.09. The van der Waals surface area contributed by atoms with E-state index in [0.717, 1.165) is 32.4 Å². The van der Waals surface area contributed by atoms with E-state index in [1.165, 1.54) is 12.0 Å². The molecule has 2 heteroatoms. The van der Waals surface area contributed by atoms with Crippen molar-refractivity contribution in [1.29, 1.82) is 0 Å². The zero-order chi connectivity index (χ0) is 13.2. The minimum atomic E-state index is 0.305. The Labute approximate surface area is 111 Å². The molecule has 0 radical (unpaired) electrons. The Bertz CT molecular complexity index is 330. The average Bonchev–Trinajstić information content (AvgIpc) is 2.41. The van der Waals surface area contributed by atoms with Crippen molar-refractivity contribution < 1.29 is 4.79 Å². The largest absolute Gasteiger partial charge is 0.343 e. The molecule has 0 aliphatic carbocycles. The van der Waals surface area contributed by atoms with Crippen LogP contribution in [-0.2, 0) is 11.2 Å². The number of amides is 1. The second-order valence-electron chi connectivity index (χ2n) is 4.61. The standard InChI is InChI=1S/C16H25NO/c1-3-17(4-2)16(18)14-10-6-9-13-15-11-7-5-8-12-15/h5,7-8,11-12H,3-4,6,9-10,13-14H2,1-2H3. The Morgan fingerprint density at radius 1 is 1.00 bits per heavy atom. The van der Waals surface area contributed by atoms with Crippen LogP contribution in [0.15, 0.2) is 30.3 Å². The van der Waals surface area contributed by atoms with Crippen molar-refractivity contribution in [3.8, 4) is 0 Å². The number of hydrogen-bond acceptors (Lipinski definition) is 1. The first-order chi connectivity index (χ1) is 8.77. The number of carbonyl (C=O) groups excluding carboxylic acids is 1. The van der Waals surface area contributed by atoms with Crippen LogP contribution in [0, 0.1) is 0 Å². The molecule has 1 rings (SSSR count). The summed E-state index contributed by atoms with van der Waals surface area (Å²) in [6, 6.07) is 10.5. The van der Waals surface area contributed by atoms with Crippen LogP contribution in [0.2, 0.25) is 0 Å². The Kier molecular flexibility index (Phi) is 7.16. The SMILES string of the molecule is CCN(CC)C(=O)CCCCCc1ccccc1. The van der Waals surface area contributed by atoms with Gasteiger partial charge >= 0.3 is 0 Å². The van der Waals surface area contributed by atoms with Gasteiger partial charge in [-0.1, -0.05) is 36.8 Å². The van der Waals surface area contributed by atoms with Gasteiger partial charge in [0.2, 0.25) is 5.91 Å². The molecule has 0 unspecified atom stereocenters. The summed E-state index contributed by atoms with van der Waals surface area (Å²) >= 11 is 0. The predicted molar refractivity (Wildman–Crippen MR) is 76.5 cm³/mol. The summed E-state index contributed by atoms with van der Waals surface area (Å²) in [6.45, 7) is 5.74. The van der Waals surface area contributed by atoms with Crippen LogP contribution in [0.25, 0.3) is 0 Å². The quantitative estimate of drug-likeness (QED) is 0.642. The highest BCUT2D eigenvalue weighted by Gasteiger charge is 2.08. The summed E-state index contributed by atoms with van der Waals surface area (Å²) in [5, 5.41) is 0. The van der Waals surface area contributed by atoms with Crippen LogP contribution < -0.4 is 0 Å². The molecule has 0 saturated heterocycles. The van der Waals surface area contributed by atoms with Gasteiger partial charge in [0.1, 0.15) is 0 Å². The first-order valence-electron chi connectivity index (χ1n) is 7.09. The van der Waals surface area contributed by atoms with Gasteiger partial charge in [-0.25, -0.2) is 0 Å². The van der Waals surface area contributed by atoms with Gasteiger partial charge in [-0.3, -0.25) is 4.79 Å². The lowest BCUT2D eigenvalue weighted by molar-refractivity contribution is -0.130. The molecular formula is C16H25NO. The Hall–Kier alpha value is -1.31. The normalized spacial score (nSPS) is 10.3. The highest BCUT2D eigenvalue weighted by atomic mass is 16.2. The maximum atomic E-state index is 11.8. The summed E-state index contributed by atoms with van der Waals surface area (Å²) in [5.74, 6) is 0.305. The molecule has 100 valence electrons. The Balaban J connectivity index is 2.10. The molecule has 0 bridgehead atoms.